The fourth-order valence-corrected chi connectivity index (χ4v) is 2.62. The Balaban J connectivity index is 1.94. The van der Waals surface area contributed by atoms with Crippen LogP contribution in [0.1, 0.15) is 37.6 Å². The molecule has 0 radical (unpaired) electrons. The van der Waals surface area contributed by atoms with E-state index in [0.29, 0.717) is 0 Å². The Morgan fingerprint density at radius 1 is 1.37 bits per heavy atom. The van der Waals surface area contributed by atoms with Gasteiger partial charge in [0.15, 0.2) is 0 Å². The monoisotopic (exact) mass is 277 g/mol. The lowest BCUT2D eigenvalue weighted by Gasteiger charge is -2.20. The molecule has 2 heterocycles. The number of nitrogens with one attached hydrogen (secondary N) is 1. The van der Waals surface area contributed by atoms with E-state index in [4.69, 9.17) is 0 Å². The number of aryl methyl sites for hydroxylation is 2. The van der Waals surface area contributed by atoms with E-state index < -0.39 is 0 Å². The van der Waals surface area contributed by atoms with Crippen molar-refractivity contribution in [1.29, 1.82) is 0 Å². The molecule has 2 aromatic rings. The van der Waals surface area contributed by atoms with Crippen molar-refractivity contribution >= 4 is 11.3 Å². The summed E-state index contributed by atoms with van der Waals surface area (Å²) in [4.78, 5) is 0. The molecular weight excluding hydrogens is 254 g/mol. The van der Waals surface area contributed by atoms with Crippen LogP contribution in [0.3, 0.4) is 0 Å². The molecule has 0 bridgehead atoms. The Morgan fingerprint density at radius 3 is 2.79 bits per heavy atom. The average molecular weight is 277 g/mol. The molecule has 0 aliphatic rings. The topological polar surface area (TPSA) is 29.9 Å². The minimum atomic E-state index is 0.144. The molecule has 0 saturated carbocycles. The van der Waals surface area contributed by atoms with Crippen LogP contribution in [-0.2, 0) is 19.5 Å². The minimum Gasteiger partial charge on any atom is -0.308 e. The van der Waals surface area contributed by atoms with Crippen LogP contribution >= 0.6 is 11.3 Å². The van der Waals surface area contributed by atoms with E-state index in [9.17, 15) is 0 Å². The largest absolute Gasteiger partial charge is 0.308 e. The molecule has 104 valence electrons. The van der Waals surface area contributed by atoms with E-state index in [1.165, 1.54) is 16.8 Å². The van der Waals surface area contributed by atoms with E-state index in [-0.39, 0.29) is 5.54 Å². The van der Waals surface area contributed by atoms with Crippen LogP contribution in [-0.4, -0.2) is 15.3 Å². The average Bonchev–Trinajstić information content (AvgIpc) is 2.93. The van der Waals surface area contributed by atoms with Crippen LogP contribution in [0, 0.1) is 6.92 Å². The van der Waals surface area contributed by atoms with Crippen molar-refractivity contribution in [3.8, 4) is 0 Å². The fraction of sp³-hybridized carbons (Fsp3) is 0.533. The number of rotatable bonds is 5. The van der Waals surface area contributed by atoms with Crippen LogP contribution < -0.4 is 5.32 Å². The SMILES string of the molecule is Cc1c(CNC(C)(C)C)cnn1CCc1ccsc1. The Bertz CT molecular complexity index is 506. The van der Waals surface area contributed by atoms with Crippen molar-refractivity contribution in [3.05, 3.63) is 39.8 Å². The van der Waals surface area contributed by atoms with Crippen LogP contribution in [0.15, 0.2) is 23.0 Å². The van der Waals surface area contributed by atoms with Gasteiger partial charge in [-0.05, 0) is 56.5 Å². The summed E-state index contributed by atoms with van der Waals surface area (Å²) >= 11 is 1.76. The van der Waals surface area contributed by atoms with E-state index in [0.717, 1.165) is 19.5 Å². The molecule has 0 aliphatic heterocycles. The number of nitrogens with zero attached hydrogens (tertiary/aromatic N) is 2. The normalized spacial score (nSPS) is 12.0. The summed E-state index contributed by atoms with van der Waals surface area (Å²) in [6, 6.07) is 2.19. The van der Waals surface area contributed by atoms with Crippen molar-refractivity contribution in [1.82, 2.24) is 15.1 Å². The highest BCUT2D eigenvalue weighted by molar-refractivity contribution is 7.07. The maximum atomic E-state index is 4.50. The van der Waals surface area contributed by atoms with Gasteiger partial charge in [0.1, 0.15) is 0 Å². The second-order valence-electron chi connectivity index (χ2n) is 5.96. The van der Waals surface area contributed by atoms with E-state index >= 15 is 0 Å². The van der Waals surface area contributed by atoms with Gasteiger partial charge in [0.05, 0.1) is 6.20 Å². The third-order valence-electron chi connectivity index (χ3n) is 3.21. The number of hydrogen-bond acceptors (Lipinski definition) is 3. The van der Waals surface area contributed by atoms with Crippen LogP contribution in [0.4, 0.5) is 0 Å². The van der Waals surface area contributed by atoms with Gasteiger partial charge in [0.25, 0.3) is 0 Å². The van der Waals surface area contributed by atoms with Crippen molar-refractivity contribution in [2.45, 2.75) is 52.7 Å². The van der Waals surface area contributed by atoms with Gasteiger partial charge in [-0.15, -0.1) is 0 Å². The molecule has 19 heavy (non-hydrogen) atoms. The summed E-state index contributed by atoms with van der Waals surface area (Å²) in [5.41, 5.74) is 4.10. The fourth-order valence-electron chi connectivity index (χ4n) is 1.91. The smallest absolute Gasteiger partial charge is 0.0537 e. The van der Waals surface area contributed by atoms with Crippen LogP contribution in [0.5, 0.6) is 0 Å². The molecule has 2 rings (SSSR count). The Labute approximate surface area is 119 Å². The highest BCUT2D eigenvalue weighted by Crippen LogP contribution is 2.12. The predicted molar refractivity (Wildman–Crippen MR) is 81.6 cm³/mol. The molecule has 0 unspecified atom stereocenters. The van der Waals surface area contributed by atoms with Crippen molar-refractivity contribution in [2.75, 3.05) is 0 Å². The number of aromatic nitrogens is 2. The summed E-state index contributed by atoms with van der Waals surface area (Å²) in [7, 11) is 0. The highest BCUT2D eigenvalue weighted by Gasteiger charge is 2.11. The van der Waals surface area contributed by atoms with Gasteiger partial charge in [0, 0.05) is 29.9 Å². The molecule has 0 atom stereocenters. The Kier molecular flexibility index (Phi) is 4.42. The first-order valence-electron chi connectivity index (χ1n) is 6.73. The molecule has 0 fully saturated rings. The zero-order valence-corrected chi connectivity index (χ0v) is 13.0. The summed E-state index contributed by atoms with van der Waals surface area (Å²) < 4.78 is 2.11. The molecule has 2 aromatic heterocycles. The molecule has 0 saturated heterocycles. The second kappa shape index (κ2) is 5.88. The van der Waals surface area contributed by atoms with Gasteiger partial charge in [0.2, 0.25) is 0 Å². The predicted octanol–water partition coefficient (Wildman–Crippen LogP) is 3.38. The molecule has 3 nitrogen and oxygen atoms in total. The minimum absolute atomic E-state index is 0.144. The molecular formula is C15H23N3S. The van der Waals surface area contributed by atoms with Gasteiger partial charge in [-0.3, -0.25) is 4.68 Å². The van der Waals surface area contributed by atoms with Crippen molar-refractivity contribution in [2.24, 2.45) is 0 Å². The second-order valence-corrected chi connectivity index (χ2v) is 6.74. The van der Waals surface area contributed by atoms with E-state index in [2.05, 4.69) is 59.6 Å². The van der Waals surface area contributed by atoms with Crippen LogP contribution in [0.2, 0.25) is 0 Å². The van der Waals surface area contributed by atoms with Gasteiger partial charge >= 0.3 is 0 Å². The van der Waals surface area contributed by atoms with Crippen LogP contribution in [0.25, 0.3) is 0 Å². The lowest BCUT2D eigenvalue weighted by atomic mass is 10.1. The molecule has 0 spiro atoms. The lowest BCUT2D eigenvalue weighted by Crippen LogP contribution is -2.35. The zero-order chi connectivity index (χ0) is 13.9. The summed E-state index contributed by atoms with van der Waals surface area (Å²) in [5, 5.41) is 12.3. The first-order chi connectivity index (χ1) is 8.96. The maximum absolute atomic E-state index is 4.50. The zero-order valence-electron chi connectivity index (χ0n) is 12.2. The standard InChI is InChI=1S/C15H23N3S/c1-12-14(9-16-15(2,3)4)10-17-18(12)7-5-13-6-8-19-11-13/h6,8,10-11,16H,5,7,9H2,1-4H3. The third-order valence-corrected chi connectivity index (χ3v) is 3.94. The van der Waals surface area contributed by atoms with Gasteiger partial charge in [-0.25, -0.2) is 0 Å². The number of thiophene rings is 1. The number of hydrogen-bond donors (Lipinski definition) is 1. The Morgan fingerprint density at radius 2 is 2.16 bits per heavy atom. The van der Waals surface area contributed by atoms with Gasteiger partial charge in [-0.2, -0.15) is 16.4 Å². The molecule has 0 aliphatic carbocycles. The summed E-state index contributed by atoms with van der Waals surface area (Å²) in [5.74, 6) is 0. The molecule has 1 N–H and O–H groups in total. The molecule has 0 amide bonds. The van der Waals surface area contributed by atoms with Gasteiger partial charge in [-0.1, -0.05) is 0 Å². The molecule has 4 heteroatoms. The highest BCUT2D eigenvalue weighted by atomic mass is 32.1. The van der Waals surface area contributed by atoms with Crippen molar-refractivity contribution in [3.63, 3.8) is 0 Å². The van der Waals surface area contributed by atoms with E-state index in [1.807, 2.05) is 6.20 Å². The quantitative estimate of drug-likeness (QED) is 0.908. The third kappa shape index (κ3) is 4.18. The van der Waals surface area contributed by atoms with Gasteiger partial charge < -0.3 is 5.32 Å². The maximum Gasteiger partial charge on any atom is 0.0537 e. The first kappa shape index (κ1) is 14.3. The molecule has 0 aromatic carbocycles. The first-order valence-corrected chi connectivity index (χ1v) is 7.67. The van der Waals surface area contributed by atoms with E-state index in [1.54, 1.807) is 11.3 Å². The summed E-state index contributed by atoms with van der Waals surface area (Å²) in [6.45, 7) is 10.5. The summed E-state index contributed by atoms with van der Waals surface area (Å²) in [6.07, 6.45) is 3.04. The lowest BCUT2D eigenvalue weighted by molar-refractivity contribution is 0.423. The van der Waals surface area contributed by atoms with Crippen molar-refractivity contribution < 1.29 is 0 Å². The Hall–Kier alpha value is -1.13.